The zero-order valence-electron chi connectivity index (χ0n) is 21.6. The van der Waals surface area contributed by atoms with Crippen molar-refractivity contribution < 1.29 is 22.8 Å². The quantitative estimate of drug-likeness (QED) is 0.515. The Bertz CT molecular complexity index is 1460. The third-order valence-corrected chi connectivity index (χ3v) is 11.3. The molecule has 11 heteroatoms. The van der Waals surface area contributed by atoms with Gasteiger partial charge in [-0.1, -0.05) is 0 Å². The summed E-state index contributed by atoms with van der Waals surface area (Å²) in [6, 6.07) is 4.90. The number of anilines is 1. The number of quaternary nitrogens is 1. The number of piperidine rings is 1. The number of aryl methyl sites for hydroxylation is 2. The summed E-state index contributed by atoms with van der Waals surface area (Å²) in [5.41, 5.74) is 1.42. The molecule has 5 heterocycles. The van der Waals surface area contributed by atoms with Gasteiger partial charge in [-0.3, -0.25) is 0 Å². The van der Waals surface area contributed by atoms with Crippen LogP contribution in [0, 0.1) is 0 Å². The minimum Gasteiger partial charge on any atom is -0.486 e. The molecule has 1 N–H and O–H groups in total. The summed E-state index contributed by atoms with van der Waals surface area (Å²) >= 11 is 1.84. The van der Waals surface area contributed by atoms with Gasteiger partial charge in [-0.15, -0.1) is 11.3 Å². The zero-order chi connectivity index (χ0) is 25.7. The molecule has 0 spiro atoms. The Balaban J connectivity index is 1.15. The third-order valence-electron chi connectivity index (χ3n) is 8.25. The molecule has 4 aliphatic rings. The largest absolute Gasteiger partial charge is 0.486 e. The lowest BCUT2D eigenvalue weighted by atomic mass is 10.1. The number of nitrogens with one attached hydrogen (secondary N) is 1. The molecule has 9 nitrogen and oxygen atoms in total. The van der Waals surface area contributed by atoms with Crippen LogP contribution in [0.4, 0.5) is 5.82 Å². The first-order chi connectivity index (χ1) is 18.6. The Hall–Kier alpha value is -2.47. The molecular weight excluding hydrogens is 522 g/mol. The van der Waals surface area contributed by atoms with Crippen molar-refractivity contribution in [3.05, 3.63) is 34.5 Å². The molecule has 0 bridgehead atoms. The van der Waals surface area contributed by atoms with E-state index in [1.807, 2.05) is 11.3 Å². The lowest BCUT2D eigenvalue weighted by molar-refractivity contribution is -0.919. The number of rotatable bonds is 5. The highest BCUT2D eigenvalue weighted by Crippen LogP contribution is 2.41. The standard InChI is InChI=1S/C27H33N5O4S2/c33-38(34,19-7-8-21-22(17-19)36-16-15-35-21)32-13-11-31(12-14-32)26-25-20-5-4-6-23(20)37-27(25)29-24(28-26)18-30-9-2-1-3-10-30/h7-8,17H,1-6,9-16,18H2/p+1. The van der Waals surface area contributed by atoms with Gasteiger partial charge in [0.2, 0.25) is 10.0 Å². The number of piperazine rings is 1. The lowest BCUT2D eigenvalue weighted by Crippen LogP contribution is -3.11. The highest BCUT2D eigenvalue weighted by atomic mass is 32.2. The number of sulfonamides is 1. The fourth-order valence-electron chi connectivity index (χ4n) is 6.25. The van der Waals surface area contributed by atoms with Gasteiger partial charge >= 0.3 is 0 Å². The van der Waals surface area contributed by atoms with Crippen molar-refractivity contribution in [2.75, 3.05) is 57.4 Å². The number of ether oxygens (including phenoxy) is 2. The van der Waals surface area contributed by atoms with E-state index >= 15 is 0 Å². The van der Waals surface area contributed by atoms with Crippen LogP contribution in [-0.4, -0.2) is 75.2 Å². The molecule has 0 saturated carbocycles. The SMILES string of the molecule is O=S(=O)(c1ccc2c(c1)OCCO2)N1CCN(c2nc(C[NH+]3CCCCC3)nc3sc4c(c23)CCC4)CC1. The number of fused-ring (bicyclic) bond motifs is 4. The summed E-state index contributed by atoms with van der Waals surface area (Å²) in [6.07, 6.45) is 7.28. The van der Waals surface area contributed by atoms with Crippen molar-refractivity contribution in [2.24, 2.45) is 0 Å². The molecule has 0 atom stereocenters. The number of nitrogens with zero attached hydrogens (tertiary/aromatic N) is 4. The second-order valence-electron chi connectivity index (χ2n) is 10.7. The van der Waals surface area contributed by atoms with Gasteiger partial charge in [0.1, 0.15) is 30.4 Å². The Morgan fingerprint density at radius 2 is 1.71 bits per heavy atom. The molecule has 0 unspecified atom stereocenters. The van der Waals surface area contributed by atoms with Crippen LogP contribution >= 0.6 is 11.3 Å². The number of likely N-dealkylation sites (tertiary alicyclic amines) is 1. The van der Waals surface area contributed by atoms with Crippen LogP contribution in [0.1, 0.15) is 41.9 Å². The Morgan fingerprint density at radius 3 is 2.53 bits per heavy atom. The predicted molar refractivity (Wildman–Crippen MR) is 146 cm³/mol. The predicted octanol–water partition coefficient (Wildman–Crippen LogP) is 2.03. The monoisotopic (exact) mass is 556 g/mol. The number of benzene rings is 1. The summed E-state index contributed by atoms with van der Waals surface area (Å²) in [5.74, 6) is 3.03. The maximum atomic E-state index is 13.5. The topological polar surface area (TPSA) is 89.3 Å². The summed E-state index contributed by atoms with van der Waals surface area (Å²) in [7, 11) is -3.63. The molecule has 2 aromatic heterocycles. The van der Waals surface area contributed by atoms with Crippen molar-refractivity contribution >= 4 is 37.4 Å². The molecule has 3 aliphatic heterocycles. The summed E-state index contributed by atoms with van der Waals surface area (Å²) in [6.45, 7) is 6.20. The van der Waals surface area contributed by atoms with Gasteiger partial charge < -0.3 is 19.3 Å². The molecule has 0 amide bonds. The van der Waals surface area contributed by atoms with Crippen molar-refractivity contribution in [2.45, 2.75) is 50.0 Å². The smallest absolute Gasteiger partial charge is 0.243 e. The Kier molecular flexibility index (Phi) is 6.42. The van der Waals surface area contributed by atoms with Crippen LogP contribution in [-0.2, 0) is 29.4 Å². The highest BCUT2D eigenvalue weighted by Gasteiger charge is 2.32. The Morgan fingerprint density at radius 1 is 0.921 bits per heavy atom. The van der Waals surface area contributed by atoms with Gasteiger partial charge in [-0.05, 0) is 56.2 Å². The van der Waals surface area contributed by atoms with Gasteiger partial charge in [0.05, 0.1) is 23.4 Å². The van der Waals surface area contributed by atoms with E-state index in [1.165, 1.54) is 54.6 Å². The van der Waals surface area contributed by atoms with Crippen molar-refractivity contribution in [1.82, 2.24) is 14.3 Å². The van der Waals surface area contributed by atoms with Crippen LogP contribution in [0.5, 0.6) is 11.5 Å². The van der Waals surface area contributed by atoms with Crippen LogP contribution in [0.3, 0.4) is 0 Å². The van der Waals surface area contributed by atoms with Crippen molar-refractivity contribution in [3.8, 4) is 11.5 Å². The molecule has 1 aromatic carbocycles. The number of hydrogen-bond acceptors (Lipinski definition) is 8. The zero-order valence-corrected chi connectivity index (χ0v) is 23.2. The van der Waals surface area contributed by atoms with Crippen molar-refractivity contribution in [3.63, 3.8) is 0 Å². The second kappa shape index (κ2) is 9.93. The molecular formula is C27H34N5O4S2+. The van der Waals surface area contributed by atoms with Crippen LogP contribution < -0.4 is 19.3 Å². The summed E-state index contributed by atoms with van der Waals surface area (Å²) < 4.78 is 39.8. The minimum atomic E-state index is -3.63. The minimum absolute atomic E-state index is 0.252. The summed E-state index contributed by atoms with van der Waals surface area (Å²) in [4.78, 5) is 16.9. The van der Waals surface area contributed by atoms with E-state index in [0.29, 0.717) is 50.9 Å². The number of thiophene rings is 1. The first-order valence-corrected chi connectivity index (χ1v) is 16.1. The average Bonchev–Trinajstić information content (AvgIpc) is 3.54. The average molecular weight is 557 g/mol. The van der Waals surface area contributed by atoms with Crippen LogP contribution in [0.25, 0.3) is 10.2 Å². The molecule has 1 aliphatic carbocycles. The maximum absolute atomic E-state index is 13.5. The van der Waals surface area contributed by atoms with Gasteiger partial charge in [0.15, 0.2) is 17.3 Å². The fraction of sp³-hybridized carbons (Fsp3) is 0.556. The molecule has 3 aromatic rings. The maximum Gasteiger partial charge on any atom is 0.243 e. The molecule has 2 fully saturated rings. The van der Waals surface area contributed by atoms with E-state index in [0.717, 1.165) is 35.9 Å². The second-order valence-corrected chi connectivity index (χ2v) is 13.7. The molecule has 38 heavy (non-hydrogen) atoms. The van der Waals surface area contributed by atoms with Gasteiger partial charge in [0, 0.05) is 37.1 Å². The third kappa shape index (κ3) is 4.43. The van der Waals surface area contributed by atoms with Gasteiger partial charge in [0.25, 0.3) is 0 Å². The normalized spacial score (nSPS) is 20.7. The van der Waals surface area contributed by atoms with Crippen LogP contribution in [0.2, 0.25) is 0 Å². The first kappa shape index (κ1) is 24.6. The lowest BCUT2D eigenvalue weighted by Gasteiger charge is -2.35. The highest BCUT2D eigenvalue weighted by molar-refractivity contribution is 7.89. The molecule has 7 rings (SSSR count). The van der Waals surface area contributed by atoms with Gasteiger partial charge in [-0.2, -0.15) is 4.31 Å². The van der Waals surface area contributed by atoms with E-state index < -0.39 is 10.0 Å². The summed E-state index contributed by atoms with van der Waals surface area (Å²) in [5, 5.41) is 1.21. The van der Waals surface area contributed by atoms with Crippen molar-refractivity contribution in [1.29, 1.82) is 0 Å². The number of hydrogen-bond donors (Lipinski definition) is 1. The molecule has 2 saturated heterocycles. The van der Waals surface area contributed by atoms with Crippen LogP contribution in [0.15, 0.2) is 23.1 Å². The van der Waals surface area contributed by atoms with E-state index in [2.05, 4.69) is 4.90 Å². The molecule has 0 radical (unpaired) electrons. The van der Waals surface area contributed by atoms with E-state index in [9.17, 15) is 8.42 Å². The first-order valence-electron chi connectivity index (χ1n) is 13.9. The van der Waals surface area contributed by atoms with E-state index in [4.69, 9.17) is 19.4 Å². The Labute approximate surface area is 227 Å². The molecule has 202 valence electrons. The van der Waals surface area contributed by atoms with Gasteiger partial charge in [-0.25, -0.2) is 18.4 Å². The fourth-order valence-corrected chi connectivity index (χ4v) is 8.97. The van der Waals surface area contributed by atoms with E-state index in [1.54, 1.807) is 27.4 Å². The van der Waals surface area contributed by atoms with E-state index in [-0.39, 0.29) is 4.90 Å². The number of aromatic nitrogens is 2.